The molecule has 0 unspecified atom stereocenters. The summed E-state index contributed by atoms with van der Waals surface area (Å²) in [5.74, 6) is 0.340. The van der Waals surface area contributed by atoms with E-state index in [9.17, 15) is 19.2 Å². The van der Waals surface area contributed by atoms with Crippen LogP contribution in [0.2, 0.25) is 0 Å². The van der Waals surface area contributed by atoms with Crippen molar-refractivity contribution in [2.75, 3.05) is 63.8 Å². The van der Waals surface area contributed by atoms with Gasteiger partial charge < -0.3 is 31.1 Å². The number of azo groups is 2. The molecule has 4 N–H and O–H groups in total. The summed E-state index contributed by atoms with van der Waals surface area (Å²) in [6.07, 6.45) is 34.5. The van der Waals surface area contributed by atoms with Gasteiger partial charge in [0.2, 0.25) is 0 Å². The van der Waals surface area contributed by atoms with Crippen LogP contribution >= 0.6 is 0 Å². The largest absolute Gasteiger partial charge is 0.382 e. The molecule has 4 amide bonds. The van der Waals surface area contributed by atoms with Gasteiger partial charge in [0.15, 0.2) is 34.6 Å². The van der Waals surface area contributed by atoms with Crippen molar-refractivity contribution in [3.8, 4) is 11.6 Å². The lowest BCUT2D eigenvalue weighted by Crippen LogP contribution is -2.34. The van der Waals surface area contributed by atoms with Crippen molar-refractivity contribution < 1.29 is 19.2 Å². The van der Waals surface area contributed by atoms with Gasteiger partial charge in [-0.3, -0.25) is 19.2 Å². The quantitative estimate of drug-likeness (QED) is 0.0275. The van der Waals surface area contributed by atoms with Gasteiger partial charge in [-0.2, -0.15) is 19.6 Å². The third-order valence-electron chi connectivity index (χ3n) is 18.1. The van der Waals surface area contributed by atoms with Crippen molar-refractivity contribution in [1.29, 1.82) is 0 Å². The highest BCUT2D eigenvalue weighted by Crippen LogP contribution is 2.35. The zero-order valence-corrected chi connectivity index (χ0v) is 61.0. The minimum Gasteiger partial charge on any atom is -0.382 e. The van der Waals surface area contributed by atoms with Crippen molar-refractivity contribution in [3.63, 3.8) is 0 Å². The van der Waals surface area contributed by atoms with Crippen LogP contribution in [0.5, 0.6) is 0 Å². The first-order chi connectivity index (χ1) is 46.7. The maximum Gasteiger partial charge on any atom is 0.256 e. The Morgan fingerprint density at radius 2 is 0.615 bits per heavy atom. The summed E-state index contributed by atoms with van der Waals surface area (Å²) >= 11 is 0. The first-order valence-electron chi connectivity index (χ1n) is 37.5. The Morgan fingerprint density at radius 1 is 0.354 bits per heavy atom. The van der Waals surface area contributed by atoms with Gasteiger partial charge in [0.1, 0.15) is 6.33 Å². The fraction of sp³-hybridized carbons (Fsp3) is 0.658. The number of aryl methyl sites for hydroxylation is 2. The second-order valence-corrected chi connectivity index (χ2v) is 26.2. The van der Waals surface area contributed by atoms with Gasteiger partial charge in [0, 0.05) is 69.6 Å². The predicted molar refractivity (Wildman–Crippen MR) is 393 cm³/mol. The Morgan fingerprint density at radius 3 is 0.875 bits per heavy atom. The van der Waals surface area contributed by atoms with E-state index in [1.54, 1.807) is 56.3 Å². The summed E-state index contributed by atoms with van der Waals surface area (Å²) in [5.41, 5.74) is 17.5. The van der Waals surface area contributed by atoms with Crippen LogP contribution < -0.4 is 11.5 Å². The van der Waals surface area contributed by atoms with Crippen molar-refractivity contribution in [1.82, 2.24) is 49.1 Å². The number of rotatable bonds is 50. The zero-order chi connectivity index (χ0) is 69.5. The molecule has 20 heteroatoms. The fourth-order valence-electron chi connectivity index (χ4n) is 12.1. The van der Waals surface area contributed by atoms with E-state index in [1.807, 2.05) is 19.6 Å². The van der Waals surface area contributed by atoms with Crippen LogP contribution in [0.3, 0.4) is 0 Å². The molecule has 5 aromatic rings. The van der Waals surface area contributed by atoms with Crippen LogP contribution in [0, 0.1) is 13.8 Å². The van der Waals surface area contributed by atoms with Gasteiger partial charge >= 0.3 is 0 Å². The molecule has 0 saturated heterocycles. The molecule has 20 nitrogen and oxygen atoms in total. The molecule has 3 heterocycles. The third kappa shape index (κ3) is 25.2. The van der Waals surface area contributed by atoms with Crippen molar-refractivity contribution in [3.05, 3.63) is 82.4 Å². The van der Waals surface area contributed by atoms with Gasteiger partial charge in [0.25, 0.3) is 23.6 Å². The molecule has 0 atom stereocenters. The average Bonchev–Trinajstić information content (AvgIpc) is 1.64. The van der Waals surface area contributed by atoms with E-state index in [-0.39, 0.29) is 69.6 Å². The molecule has 0 spiro atoms. The molecule has 0 bridgehead atoms. The number of hydrogen-bond acceptors (Lipinski definition) is 14. The number of nitrogens with zero attached hydrogens (tertiary/aromatic N) is 14. The summed E-state index contributed by atoms with van der Waals surface area (Å²) < 4.78 is 2.89. The molecule has 96 heavy (non-hydrogen) atoms. The number of anilines is 2. The van der Waals surface area contributed by atoms with Gasteiger partial charge in [-0.1, -0.05) is 209 Å². The number of carbonyl (C=O) groups excluding carboxylic acids is 4. The number of aromatic nitrogens is 6. The summed E-state index contributed by atoms with van der Waals surface area (Å²) in [4.78, 5) is 75.8. The van der Waals surface area contributed by atoms with E-state index >= 15 is 0 Å². The normalized spacial score (nSPS) is 11.6. The smallest absolute Gasteiger partial charge is 0.256 e. The average molecular weight is 1320 g/mol. The molecular weight excluding hydrogens is 1200 g/mol. The molecule has 0 aliphatic rings. The predicted octanol–water partition coefficient (Wildman–Crippen LogP) is 19.9. The van der Waals surface area contributed by atoms with Crippen molar-refractivity contribution in [2.45, 2.75) is 275 Å². The number of unbranched alkanes of at least 4 members (excludes halogenated alkanes) is 24. The van der Waals surface area contributed by atoms with E-state index in [1.165, 1.54) is 15.7 Å². The monoisotopic (exact) mass is 1320 g/mol. The second-order valence-electron chi connectivity index (χ2n) is 26.2. The maximum absolute atomic E-state index is 14.9. The minimum atomic E-state index is -0.147. The van der Waals surface area contributed by atoms with E-state index in [0.717, 1.165) is 205 Å². The highest BCUT2D eigenvalue weighted by atomic mass is 16.2. The van der Waals surface area contributed by atoms with E-state index in [4.69, 9.17) is 42.1 Å². The maximum atomic E-state index is 14.9. The van der Waals surface area contributed by atoms with Crippen LogP contribution in [-0.2, 0) is 0 Å². The fourth-order valence-corrected chi connectivity index (χ4v) is 12.1. The third-order valence-corrected chi connectivity index (χ3v) is 18.1. The number of nitrogens with two attached hydrogens (primary N) is 2. The molecule has 5 rings (SSSR count). The lowest BCUT2D eigenvalue weighted by Gasteiger charge is -2.25. The highest BCUT2D eigenvalue weighted by Gasteiger charge is 2.27. The van der Waals surface area contributed by atoms with E-state index in [0.29, 0.717) is 86.0 Å². The van der Waals surface area contributed by atoms with E-state index in [2.05, 4.69) is 65.4 Å². The Balaban J connectivity index is 1.56. The zero-order valence-electron chi connectivity index (χ0n) is 61.0. The number of carbonyl (C=O) groups is 4. The first-order valence-corrected chi connectivity index (χ1v) is 37.5. The SMILES string of the molecule is CCCCCCN(CCCCCC)C(=O)c1ccc(C(=O)N(CCCCCC)CCCCCC)c(N=Nc2c(C)nn(-c3cc(-n4nc(C)c(N=Nc5cc(C(=O)N(CCCCCC)CCCCCC)ccc5C(=O)N(CCCCCC)CCCCCC)c4N)ncn3)c2N)c1. The van der Waals surface area contributed by atoms with Crippen LogP contribution in [0.25, 0.3) is 11.6 Å². The Hall–Kier alpha value is -7.38. The highest BCUT2D eigenvalue weighted by molar-refractivity contribution is 6.03. The van der Waals surface area contributed by atoms with Gasteiger partial charge in [-0.05, 0) is 102 Å². The van der Waals surface area contributed by atoms with Gasteiger partial charge in [-0.15, -0.1) is 20.5 Å². The van der Waals surface area contributed by atoms with Crippen LogP contribution in [-0.4, -0.2) is 125 Å². The number of amides is 4. The molecule has 0 radical (unpaired) electrons. The molecule has 0 fully saturated rings. The lowest BCUT2D eigenvalue weighted by molar-refractivity contribution is 0.0738. The Bertz CT molecular complexity index is 2920. The standard InChI is InChI=1S/C76H122N16O4/c1-11-19-27-35-47-87(48-36-28-20-12-2)73(93)61-43-45-63(75(95)89(51-39-31-23-15-5)52-40-32-24-16-6)65(55-61)81-83-69-59(9)85-91(71(69)77)67-57-68(80-58-79-67)92-72(78)70(60(10)86-92)84-82-66-56-62(74(94)88(49-37-29-21-13-3)50-38-30-22-14-4)44-46-64(66)76(96)90(53-41-33-25-17-7)54-42-34-26-18-8/h43-46,55-58H,11-42,47-54,77-78H2,1-10H3. The molecule has 3 aromatic heterocycles. The summed E-state index contributed by atoms with van der Waals surface area (Å²) in [5, 5.41) is 28.6. The Kier molecular flexibility index (Phi) is 37.3. The molecule has 0 saturated carbocycles. The number of hydrogen-bond donors (Lipinski definition) is 2. The topological polar surface area (TPSA) is 244 Å². The van der Waals surface area contributed by atoms with Crippen LogP contribution in [0.4, 0.5) is 34.4 Å². The van der Waals surface area contributed by atoms with Crippen molar-refractivity contribution >= 4 is 58.0 Å². The molecule has 530 valence electrons. The number of nitrogen functional groups attached to an aromatic ring is 2. The van der Waals surface area contributed by atoms with Gasteiger partial charge in [-0.25, -0.2) is 9.97 Å². The lowest BCUT2D eigenvalue weighted by atomic mass is 10.1. The van der Waals surface area contributed by atoms with Crippen LogP contribution in [0.15, 0.2) is 69.2 Å². The second kappa shape index (κ2) is 45.2. The van der Waals surface area contributed by atoms with Crippen LogP contribution in [0.1, 0.15) is 314 Å². The number of benzene rings is 2. The van der Waals surface area contributed by atoms with E-state index < -0.39 is 0 Å². The van der Waals surface area contributed by atoms with Gasteiger partial charge in [0.05, 0.1) is 33.9 Å². The first kappa shape index (κ1) is 79.3. The minimum absolute atomic E-state index is 0.0913. The molecule has 0 aliphatic heterocycles. The van der Waals surface area contributed by atoms with Crippen molar-refractivity contribution in [2.24, 2.45) is 20.5 Å². The Labute approximate surface area is 576 Å². The molecular formula is C76H122N16O4. The molecule has 0 aliphatic carbocycles. The summed E-state index contributed by atoms with van der Waals surface area (Å²) in [6, 6.07) is 12.1. The summed E-state index contributed by atoms with van der Waals surface area (Å²) in [7, 11) is 0. The molecule has 2 aromatic carbocycles. The summed E-state index contributed by atoms with van der Waals surface area (Å²) in [6.45, 7) is 26.1.